The number of hydrogen-bond acceptors (Lipinski definition) is 4. The van der Waals surface area contributed by atoms with Crippen LogP contribution in [-0.2, 0) is 0 Å². The maximum absolute atomic E-state index is 11.5. The third-order valence-corrected chi connectivity index (χ3v) is 2.23. The second-order valence-corrected chi connectivity index (χ2v) is 3.26. The normalized spacial score (nSPS) is 8.20. The Morgan fingerprint density at radius 2 is 0.650 bits per heavy atom. The Morgan fingerprint density at radius 1 is 0.450 bits per heavy atom. The Hall–Kier alpha value is 4.19. The van der Waals surface area contributed by atoms with Gasteiger partial charge < -0.3 is 20.4 Å². The summed E-state index contributed by atoms with van der Waals surface area (Å²) < 4.78 is 0. The van der Waals surface area contributed by atoms with Crippen LogP contribution < -0.4 is 226 Å². The van der Waals surface area contributed by atoms with Crippen LogP contribution in [0.5, 0.6) is 23.0 Å². The average Bonchev–Trinajstić information content (AvgIpc) is 2.21. The van der Waals surface area contributed by atoms with Gasteiger partial charge in [-0.1, -0.05) is 36.4 Å². The summed E-state index contributed by atoms with van der Waals surface area (Å²) in [7, 11) is 0. The molecule has 82 valence electrons. The van der Waals surface area contributed by atoms with Crippen molar-refractivity contribution in [3.05, 3.63) is 36.4 Å². The Balaban J connectivity index is -0.000000722. The minimum atomic E-state index is -0.604. The SMILES string of the molecule is [K+].[K+].[K+].[K+].[O-]c1cccc([O-])c1-c1c([O-])cccc1[O-]. The molecular formula is C12H6K4O4. The molecule has 0 N–H and O–H groups in total. The van der Waals surface area contributed by atoms with Crippen molar-refractivity contribution in [2.45, 2.75) is 0 Å². The quantitative estimate of drug-likeness (QED) is 0.466. The number of rotatable bonds is 1. The van der Waals surface area contributed by atoms with Gasteiger partial charge in [-0.05, 0) is 11.1 Å². The van der Waals surface area contributed by atoms with E-state index in [-0.39, 0.29) is 217 Å². The van der Waals surface area contributed by atoms with Crippen LogP contribution in [0.2, 0.25) is 0 Å². The standard InChI is InChI=1S/C12H10O4.4K/c13-7-3-1-4-8(14)11(7)12-9(15)5-2-6-10(12)16;;;;/h1-6,13-16H;;;;/q;4*+1/p-4. The molecule has 0 spiro atoms. The van der Waals surface area contributed by atoms with Gasteiger partial charge in [-0.25, -0.2) is 0 Å². The molecule has 8 heteroatoms. The molecule has 0 aromatic heterocycles. The van der Waals surface area contributed by atoms with Crippen molar-refractivity contribution in [3.63, 3.8) is 0 Å². The molecule has 0 amide bonds. The molecule has 20 heavy (non-hydrogen) atoms. The van der Waals surface area contributed by atoms with E-state index < -0.39 is 23.0 Å². The van der Waals surface area contributed by atoms with Gasteiger partial charge in [-0.3, -0.25) is 0 Å². The van der Waals surface area contributed by atoms with Crippen LogP contribution in [0.1, 0.15) is 0 Å². The molecule has 4 nitrogen and oxygen atoms in total. The topological polar surface area (TPSA) is 92.2 Å². The van der Waals surface area contributed by atoms with Crippen LogP contribution in [0.3, 0.4) is 0 Å². The molecule has 2 aromatic carbocycles. The molecule has 0 aliphatic rings. The minimum absolute atomic E-state index is 0. The van der Waals surface area contributed by atoms with E-state index in [1.54, 1.807) is 0 Å². The van der Waals surface area contributed by atoms with Crippen LogP contribution in [0.15, 0.2) is 36.4 Å². The maximum atomic E-state index is 11.5. The van der Waals surface area contributed by atoms with Gasteiger partial charge in [-0.15, -0.1) is 23.0 Å². The predicted octanol–water partition coefficient (Wildman–Crippen LogP) is -12.3. The fraction of sp³-hybridized carbons (Fsp3) is 0. The van der Waals surface area contributed by atoms with E-state index in [9.17, 15) is 20.4 Å². The van der Waals surface area contributed by atoms with Crippen molar-refractivity contribution in [3.8, 4) is 34.1 Å². The van der Waals surface area contributed by atoms with Crippen LogP contribution in [0.4, 0.5) is 0 Å². The fourth-order valence-electron chi connectivity index (χ4n) is 1.51. The molecule has 0 aliphatic heterocycles. The van der Waals surface area contributed by atoms with Gasteiger partial charge in [0.05, 0.1) is 0 Å². The monoisotopic (exact) mass is 370 g/mol. The smallest absolute Gasteiger partial charge is 0.872 e. The van der Waals surface area contributed by atoms with E-state index >= 15 is 0 Å². The molecule has 0 saturated carbocycles. The molecule has 0 bridgehead atoms. The largest absolute Gasteiger partial charge is 1.00 e. The first-order valence-electron chi connectivity index (χ1n) is 4.55. The van der Waals surface area contributed by atoms with Gasteiger partial charge in [0, 0.05) is 0 Å². The summed E-state index contributed by atoms with van der Waals surface area (Å²) in [6, 6.07) is 7.22. The molecule has 0 heterocycles. The van der Waals surface area contributed by atoms with Gasteiger partial charge in [0.15, 0.2) is 0 Å². The van der Waals surface area contributed by atoms with Gasteiger partial charge in [0.25, 0.3) is 0 Å². The van der Waals surface area contributed by atoms with Crippen LogP contribution in [0, 0.1) is 0 Å². The summed E-state index contributed by atoms with van der Waals surface area (Å²) in [6.45, 7) is 0. The van der Waals surface area contributed by atoms with Crippen molar-refractivity contribution in [2.24, 2.45) is 0 Å². The molecule has 2 aromatic rings. The maximum Gasteiger partial charge on any atom is 1.00 e. The van der Waals surface area contributed by atoms with E-state index in [1.807, 2.05) is 0 Å². The molecule has 2 rings (SSSR count). The van der Waals surface area contributed by atoms with Crippen LogP contribution in [0.25, 0.3) is 11.1 Å². The predicted molar refractivity (Wildman–Crippen MR) is 49.7 cm³/mol. The van der Waals surface area contributed by atoms with Crippen molar-refractivity contribution < 1.29 is 226 Å². The Labute approximate surface area is 287 Å². The molecule has 0 unspecified atom stereocenters. The Morgan fingerprint density at radius 3 is 0.850 bits per heavy atom. The zero-order valence-corrected chi connectivity index (χ0v) is 24.6. The Kier molecular flexibility index (Phi) is 20.8. The van der Waals surface area contributed by atoms with Gasteiger partial charge in [-0.2, -0.15) is 0 Å². The second kappa shape index (κ2) is 14.4. The summed E-state index contributed by atoms with van der Waals surface area (Å²) in [4.78, 5) is 0. The van der Waals surface area contributed by atoms with Crippen molar-refractivity contribution >= 4 is 0 Å². The third-order valence-electron chi connectivity index (χ3n) is 2.23. The number of hydrogen-bond donors (Lipinski definition) is 0. The van der Waals surface area contributed by atoms with E-state index in [2.05, 4.69) is 0 Å². The van der Waals surface area contributed by atoms with E-state index in [0.29, 0.717) is 0 Å². The first kappa shape index (κ1) is 29.0. The average molecular weight is 371 g/mol. The minimum Gasteiger partial charge on any atom is -0.872 e. The summed E-state index contributed by atoms with van der Waals surface area (Å²) >= 11 is 0. The summed E-state index contributed by atoms with van der Waals surface area (Å²) in [5.41, 5.74) is -0.670. The molecule has 0 fully saturated rings. The summed E-state index contributed by atoms with van der Waals surface area (Å²) in [6.07, 6.45) is 0. The number of benzene rings is 2. The second-order valence-electron chi connectivity index (χ2n) is 3.26. The van der Waals surface area contributed by atoms with Gasteiger partial charge >= 0.3 is 206 Å². The summed E-state index contributed by atoms with van der Waals surface area (Å²) in [5.74, 6) is -2.42. The van der Waals surface area contributed by atoms with Crippen molar-refractivity contribution in [1.29, 1.82) is 0 Å². The van der Waals surface area contributed by atoms with E-state index in [1.165, 1.54) is 12.1 Å². The Bertz CT molecular complexity index is 459. The summed E-state index contributed by atoms with van der Waals surface area (Å²) in [5, 5.41) is 45.9. The zero-order chi connectivity index (χ0) is 11.7. The first-order chi connectivity index (χ1) is 7.61. The molecule has 0 radical (unpaired) electrons. The van der Waals surface area contributed by atoms with Crippen LogP contribution >= 0.6 is 0 Å². The van der Waals surface area contributed by atoms with E-state index in [0.717, 1.165) is 24.3 Å². The molecule has 0 aliphatic carbocycles. The third kappa shape index (κ3) is 7.60. The van der Waals surface area contributed by atoms with E-state index in [4.69, 9.17) is 0 Å². The van der Waals surface area contributed by atoms with Crippen molar-refractivity contribution in [1.82, 2.24) is 0 Å². The van der Waals surface area contributed by atoms with Crippen molar-refractivity contribution in [2.75, 3.05) is 0 Å². The molecular weight excluding hydrogens is 365 g/mol. The fourth-order valence-corrected chi connectivity index (χ4v) is 1.51. The molecule has 0 atom stereocenters. The first-order valence-corrected chi connectivity index (χ1v) is 4.55. The van der Waals surface area contributed by atoms with Crippen LogP contribution in [-0.4, -0.2) is 0 Å². The molecule has 0 saturated heterocycles. The zero-order valence-electron chi connectivity index (χ0n) is 12.1. The van der Waals surface area contributed by atoms with Gasteiger partial charge in [0.1, 0.15) is 0 Å². The van der Waals surface area contributed by atoms with Gasteiger partial charge in [0.2, 0.25) is 0 Å².